The molecule has 0 radical (unpaired) electrons. The van der Waals surface area contributed by atoms with Crippen molar-refractivity contribution in [3.8, 4) is 5.75 Å². The number of aliphatic carboxylic acids is 1. The van der Waals surface area contributed by atoms with Gasteiger partial charge in [0.15, 0.2) is 12.4 Å². The topological polar surface area (TPSA) is 63.6 Å². The fourth-order valence-corrected chi connectivity index (χ4v) is 1.65. The van der Waals surface area contributed by atoms with Crippen LogP contribution in [0.3, 0.4) is 0 Å². The number of benzene rings is 1. The normalized spacial score (nSPS) is 9.73. The van der Waals surface area contributed by atoms with Crippen LogP contribution in [0.2, 0.25) is 0 Å². The molecule has 0 aromatic heterocycles. The van der Waals surface area contributed by atoms with E-state index in [9.17, 15) is 9.59 Å². The zero-order chi connectivity index (χ0) is 11.4. The van der Waals surface area contributed by atoms with Gasteiger partial charge < -0.3 is 9.84 Å². The van der Waals surface area contributed by atoms with Gasteiger partial charge in [-0.3, -0.25) is 4.79 Å². The molecule has 5 heteroatoms. The molecule has 1 rings (SSSR count). The molecule has 0 aliphatic rings. The molecule has 0 saturated heterocycles. The van der Waals surface area contributed by atoms with Gasteiger partial charge in [-0.2, -0.15) is 0 Å². The van der Waals surface area contributed by atoms with E-state index < -0.39 is 12.6 Å². The summed E-state index contributed by atoms with van der Waals surface area (Å²) in [5.74, 6) is -0.692. The first kappa shape index (κ1) is 11.7. The van der Waals surface area contributed by atoms with E-state index >= 15 is 0 Å². The van der Waals surface area contributed by atoms with Gasteiger partial charge in [-0.25, -0.2) is 4.79 Å². The summed E-state index contributed by atoms with van der Waals surface area (Å²) in [5, 5.41) is 8.40. The Morgan fingerprint density at radius 2 is 2.13 bits per heavy atom. The minimum absolute atomic E-state index is 0.0633. The number of carbonyl (C=O) groups excluding carboxylic acids is 1. The standard InChI is InChI=1S/C10H9BrO4/c1-6(12)8-3-2-7(4-9(8)11)15-5-10(13)14/h2-4H,5H2,1H3,(H,13,14). The second-order valence-corrected chi connectivity index (χ2v) is 3.73. The number of carboxylic acid groups (broad SMARTS) is 1. The van der Waals surface area contributed by atoms with Crippen molar-refractivity contribution in [2.24, 2.45) is 0 Å². The van der Waals surface area contributed by atoms with Gasteiger partial charge in [-0.05, 0) is 41.1 Å². The lowest BCUT2D eigenvalue weighted by Crippen LogP contribution is -2.09. The highest BCUT2D eigenvalue weighted by Gasteiger charge is 2.07. The van der Waals surface area contributed by atoms with Crippen molar-refractivity contribution in [3.63, 3.8) is 0 Å². The molecule has 0 aliphatic heterocycles. The molecule has 1 aromatic carbocycles. The number of ketones is 1. The zero-order valence-corrected chi connectivity index (χ0v) is 9.58. The molecule has 1 aromatic rings. The van der Waals surface area contributed by atoms with Crippen molar-refractivity contribution in [1.82, 2.24) is 0 Å². The predicted molar refractivity (Wildman–Crippen MR) is 57.3 cm³/mol. The van der Waals surface area contributed by atoms with Crippen LogP contribution >= 0.6 is 15.9 Å². The van der Waals surface area contributed by atoms with Crippen LogP contribution in [-0.2, 0) is 4.79 Å². The van der Waals surface area contributed by atoms with Crippen LogP contribution in [0.25, 0.3) is 0 Å². The van der Waals surface area contributed by atoms with Gasteiger partial charge >= 0.3 is 5.97 Å². The molecular formula is C10H9BrO4. The largest absolute Gasteiger partial charge is 0.482 e. The van der Waals surface area contributed by atoms with E-state index in [1.165, 1.54) is 6.92 Å². The van der Waals surface area contributed by atoms with Crippen molar-refractivity contribution in [3.05, 3.63) is 28.2 Å². The Morgan fingerprint density at radius 3 is 2.60 bits per heavy atom. The Labute approximate surface area is 95.0 Å². The number of rotatable bonds is 4. The fraction of sp³-hybridized carbons (Fsp3) is 0.200. The van der Waals surface area contributed by atoms with Crippen LogP contribution in [-0.4, -0.2) is 23.5 Å². The molecule has 80 valence electrons. The zero-order valence-electron chi connectivity index (χ0n) is 7.99. The van der Waals surface area contributed by atoms with E-state index in [-0.39, 0.29) is 5.78 Å². The number of Topliss-reactive ketones (excluding diaryl/α,β-unsaturated/α-hetero) is 1. The SMILES string of the molecule is CC(=O)c1ccc(OCC(=O)O)cc1Br. The van der Waals surface area contributed by atoms with Gasteiger partial charge in [-0.1, -0.05) is 0 Å². The third kappa shape index (κ3) is 3.36. The molecule has 4 nitrogen and oxygen atoms in total. The Bertz CT molecular complexity index is 400. The molecule has 15 heavy (non-hydrogen) atoms. The van der Waals surface area contributed by atoms with Gasteiger partial charge in [0.05, 0.1) is 0 Å². The van der Waals surface area contributed by atoms with Crippen molar-refractivity contribution in [1.29, 1.82) is 0 Å². The van der Waals surface area contributed by atoms with Crippen molar-refractivity contribution in [2.75, 3.05) is 6.61 Å². The molecule has 0 heterocycles. The van der Waals surface area contributed by atoms with Crippen LogP contribution in [0.5, 0.6) is 5.75 Å². The number of carbonyl (C=O) groups is 2. The molecule has 0 fully saturated rings. The van der Waals surface area contributed by atoms with E-state index in [4.69, 9.17) is 9.84 Å². The molecular weight excluding hydrogens is 264 g/mol. The number of hydrogen-bond donors (Lipinski definition) is 1. The highest BCUT2D eigenvalue weighted by atomic mass is 79.9. The summed E-state index contributed by atoms with van der Waals surface area (Å²) < 4.78 is 5.54. The summed E-state index contributed by atoms with van der Waals surface area (Å²) in [7, 11) is 0. The minimum Gasteiger partial charge on any atom is -0.482 e. The number of hydrogen-bond acceptors (Lipinski definition) is 3. The second-order valence-electron chi connectivity index (χ2n) is 2.88. The number of halogens is 1. The molecule has 1 N–H and O–H groups in total. The van der Waals surface area contributed by atoms with Crippen LogP contribution < -0.4 is 4.74 Å². The summed E-state index contributed by atoms with van der Waals surface area (Å²) in [5.41, 5.74) is 0.540. The molecule has 0 bridgehead atoms. The Balaban J connectivity index is 2.82. The van der Waals surface area contributed by atoms with E-state index in [0.717, 1.165) is 0 Å². The Hall–Kier alpha value is -1.36. The van der Waals surface area contributed by atoms with Gasteiger partial charge in [0.25, 0.3) is 0 Å². The lowest BCUT2D eigenvalue weighted by molar-refractivity contribution is -0.139. The Morgan fingerprint density at radius 1 is 1.47 bits per heavy atom. The average molecular weight is 273 g/mol. The van der Waals surface area contributed by atoms with Gasteiger partial charge in [-0.15, -0.1) is 0 Å². The van der Waals surface area contributed by atoms with Crippen molar-refractivity contribution < 1.29 is 19.4 Å². The van der Waals surface area contributed by atoms with E-state index in [2.05, 4.69) is 15.9 Å². The quantitative estimate of drug-likeness (QED) is 0.853. The molecule has 0 atom stereocenters. The highest BCUT2D eigenvalue weighted by molar-refractivity contribution is 9.10. The molecule has 0 saturated carbocycles. The van der Waals surface area contributed by atoms with Crippen molar-refractivity contribution >= 4 is 27.7 Å². The molecule has 0 amide bonds. The first-order chi connectivity index (χ1) is 7.00. The Kier molecular flexibility index (Phi) is 3.85. The maximum atomic E-state index is 11.1. The highest BCUT2D eigenvalue weighted by Crippen LogP contribution is 2.23. The van der Waals surface area contributed by atoms with Crippen LogP contribution in [0.4, 0.5) is 0 Å². The fourth-order valence-electron chi connectivity index (χ4n) is 1.02. The maximum Gasteiger partial charge on any atom is 0.341 e. The molecule has 0 unspecified atom stereocenters. The third-order valence-corrected chi connectivity index (χ3v) is 2.34. The van der Waals surface area contributed by atoms with Crippen LogP contribution in [0.15, 0.2) is 22.7 Å². The van der Waals surface area contributed by atoms with E-state index in [0.29, 0.717) is 15.8 Å². The van der Waals surface area contributed by atoms with E-state index in [1.807, 2.05) is 0 Å². The molecule has 0 spiro atoms. The first-order valence-electron chi connectivity index (χ1n) is 4.16. The van der Waals surface area contributed by atoms with Crippen LogP contribution in [0, 0.1) is 0 Å². The summed E-state index contributed by atoms with van der Waals surface area (Å²) in [6, 6.07) is 4.72. The van der Waals surface area contributed by atoms with Gasteiger partial charge in [0.1, 0.15) is 5.75 Å². The monoisotopic (exact) mass is 272 g/mol. The molecule has 0 aliphatic carbocycles. The average Bonchev–Trinajstić information content (AvgIpc) is 2.14. The first-order valence-corrected chi connectivity index (χ1v) is 4.95. The third-order valence-electron chi connectivity index (χ3n) is 1.68. The summed E-state index contributed by atoms with van der Waals surface area (Å²) in [6.07, 6.45) is 0. The second kappa shape index (κ2) is 4.93. The number of ether oxygens (including phenoxy) is 1. The van der Waals surface area contributed by atoms with Crippen LogP contribution in [0.1, 0.15) is 17.3 Å². The predicted octanol–water partition coefficient (Wildman–Crippen LogP) is 2.12. The van der Waals surface area contributed by atoms with E-state index in [1.54, 1.807) is 18.2 Å². The minimum atomic E-state index is -1.04. The van der Waals surface area contributed by atoms with Gasteiger partial charge in [0, 0.05) is 10.0 Å². The number of carboxylic acids is 1. The maximum absolute atomic E-state index is 11.1. The smallest absolute Gasteiger partial charge is 0.341 e. The lowest BCUT2D eigenvalue weighted by atomic mass is 10.1. The summed E-state index contributed by atoms with van der Waals surface area (Å²) in [4.78, 5) is 21.3. The van der Waals surface area contributed by atoms with Crippen molar-refractivity contribution in [2.45, 2.75) is 6.92 Å². The lowest BCUT2D eigenvalue weighted by Gasteiger charge is -2.05. The van der Waals surface area contributed by atoms with Gasteiger partial charge in [0.2, 0.25) is 0 Å². The summed E-state index contributed by atoms with van der Waals surface area (Å²) in [6.45, 7) is 1.06. The summed E-state index contributed by atoms with van der Waals surface area (Å²) >= 11 is 3.21.